The van der Waals surface area contributed by atoms with Crippen molar-refractivity contribution < 1.29 is 18.8 Å². The molecule has 0 spiro atoms. The fourth-order valence-corrected chi connectivity index (χ4v) is 0.904. The van der Waals surface area contributed by atoms with E-state index in [1.807, 2.05) is 21.1 Å². The molecule has 0 heterocycles. The summed E-state index contributed by atoms with van der Waals surface area (Å²) in [6, 6.07) is 0. The monoisotopic (exact) mass is 214 g/mol. The minimum atomic E-state index is -0.281. The van der Waals surface area contributed by atoms with E-state index in [0.29, 0.717) is 16.6 Å². The minimum Gasteiger partial charge on any atom is -0.461 e. The number of ether oxygens (including phenoxy) is 1. The summed E-state index contributed by atoms with van der Waals surface area (Å²) in [6.07, 6.45) is 0.220. The average Bonchev–Trinajstić information content (AvgIpc) is 2.00. The van der Waals surface area contributed by atoms with Crippen molar-refractivity contribution in [2.75, 3.05) is 34.3 Å². The van der Waals surface area contributed by atoms with Crippen molar-refractivity contribution in [3.63, 3.8) is 0 Å². The molecule has 0 atom stereocenters. The number of hydrogen-bond donors (Lipinski definition) is 0. The van der Waals surface area contributed by atoms with Crippen molar-refractivity contribution in [2.45, 2.75) is 13.3 Å². The molecule has 0 amide bonds. The Balaban J connectivity index is 3.74. The molecule has 0 rings (SSSR count). The van der Waals surface area contributed by atoms with Crippen molar-refractivity contribution in [1.29, 1.82) is 0 Å². The first-order valence-corrected chi connectivity index (χ1v) is 4.87. The van der Waals surface area contributed by atoms with Gasteiger partial charge in [-0.3, -0.25) is 4.79 Å². The molecule has 0 aromatic heterocycles. The van der Waals surface area contributed by atoms with E-state index < -0.39 is 0 Å². The van der Waals surface area contributed by atoms with Gasteiger partial charge in [-0.15, -0.1) is 0 Å². The van der Waals surface area contributed by atoms with Gasteiger partial charge in [0, 0.05) is 6.42 Å². The summed E-state index contributed by atoms with van der Waals surface area (Å²) in [5.74, 6) is -0.343. The maximum absolute atomic E-state index is 11.2. The normalized spacial score (nSPS) is 10.9. The molecule has 0 aromatic carbocycles. The van der Waals surface area contributed by atoms with E-state index in [0.717, 1.165) is 0 Å². The number of rotatable bonds is 6. The standard InChI is InChI=1S/C11H20NO3/c1-9(2)10(13)6-7-15-11(14)8-12(3,4)5/h1,6-8H2,2-5H3/q+1. The number of quaternary nitrogens is 1. The second-order valence-corrected chi connectivity index (χ2v) is 4.62. The van der Waals surface area contributed by atoms with Crippen LogP contribution in [0.3, 0.4) is 0 Å². The molecule has 0 aromatic rings. The zero-order chi connectivity index (χ0) is 12.1. The Morgan fingerprint density at radius 3 is 2.20 bits per heavy atom. The molecule has 0 N–H and O–H groups in total. The molecule has 4 nitrogen and oxygen atoms in total. The largest absolute Gasteiger partial charge is 0.461 e. The number of nitrogens with zero attached hydrogens (tertiary/aromatic N) is 1. The van der Waals surface area contributed by atoms with Gasteiger partial charge >= 0.3 is 5.97 Å². The van der Waals surface area contributed by atoms with E-state index in [1.54, 1.807) is 6.92 Å². The van der Waals surface area contributed by atoms with Crippen molar-refractivity contribution in [1.82, 2.24) is 0 Å². The van der Waals surface area contributed by atoms with E-state index in [4.69, 9.17) is 4.74 Å². The first-order valence-electron chi connectivity index (χ1n) is 4.87. The Morgan fingerprint density at radius 2 is 1.80 bits per heavy atom. The second kappa shape index (κ2) is 5.66. The molecule has 0 aliphatic rings. The zero-order valence-electron chi connectivity index (χ0n) is 10.0. The molecule has 4 heteroatoms. The van der Waals surface area contributed by atoms with Gasteiger partial charge in [-0.05, 0) is 12.5 Å². The van der Waals surface area contributed by atoms with Gasteiger partial charge in [-0.2, -0.15) is 0 Å². The fraction of sp³-hybridized carbons (Fsp3) is 0.636. The number of allylic oxidation sites excluding steroid dienone is 1. The van der Waals surface area contributed by atoms with E-state index in [1.165, 1.54) is 0 Å². The summed E-state index contributed by atoms with van der Waals surface area (Å²) < 4.78 is 5.44. The van der Waals surface area contributed by atoms with Gasteiger partial charge in [-0.25, -0.2) is 4.79 Å². The number of Topliss-reactive ketones (excluding diaryl/α,β-unsaturated/α-hetero) is 1. The van der Waals surface area contributed by atoms with Gasteiger partial charge < -0.3 is 9.22 Å². The van der Waals surface area contributed by atoms with Gasteiger partial charge in [0.1, 0.15) is 0 Å². The quantitative estimate of drug-likeness (QED) is 0.372. The third-order valence-corrected chi connectivity index (χ3v) is 1.67. The molecule has 86 valence electrons. The molecule has 0 fully saturated rings. The molecule has 0 radical (unpaired) electrons. The zero-order valence-corrected chi connectivity index (χ0v) is 10.0. The number of esters is 1. The first-order chi connectivity index (χ1) is 6.72. The van der Waals surface area contributed by atoms with Crippen molar-refractivity contribution in [3.05, 3.63) is 12.2 Å². The SMILES string of the molecule is C=C(C)C(=O)CCOC(=O)C[N+](C)(C)C. The summed E-state index contributed by atoms with van der Waals surface area (Å²) in [7, 11) is 5.71. The Kier molecular flexibility index (Phi) is 5.22. The third-order valence-electron chi connectivity index (χ3n) is 1.67. The van der Waals surface area contributed by atoms with Crippen LogP contribution in [0.1, 0.15) is 13.3 Å². The van der Waals surface area contributed by atoms with Crippen LogP contribution in [0.25, 0.3) is 0 Å². The number of carbonyl (C=O) groups is 2. The molecule has 15 heavy (non-hydrogen) atoms. The lowest BCUT2D eigenvalue weighted by atomic mass is 10.2. The van der Waals surface area contributed by atoms with E-state index >= 15 is 0 Å². The molecule has 0 unspecified atom stereocenters. The summed E-state index contributed by atoms with van der Waals surface area (Å²) in [5.41, 5.74) is 0.498. The second-order valence-electron chi connectivity index (χ2n) is 4.62. The Hall–Kier alpha value is -1.16. The van der Waals surface area contributed by atoms with Gasteiger partial charge in [0.15, 0.2) is 12.3 Å². The van der Waals surface area contributed by atoms with Gasteiger partial charge in [0.2, 0.25) is 0 Å². The van der Waals surface area contributed by atoms with Crippen LogP contribution in [-0.4, -0.2) is 50.5 Å². The molecular formula is C11H20NO3+. The van der Waals surface area contributed by atoms with Crippen molar-refractivity contribution >= 4 is 11.8 Å². The van der Waals surface area contributed by atoms with Crippen molar-refractivity contribution in [2.24, 2.45) is 0 Å². The lowest BCUT2D eigenvalue weighted by Crippen LogP contribution is -2.40. The fourth-order valence-electron chi connectivity index (χ4n) is 0.904. The molecule has 0 aliphatic heterocycles. The van der Waals surface area contributed by atoms with Crippen LogP contribution in [0.15, 0.2) is 12.2 Å². The Morgan fingerprint density at radius 1 is 1.27 bits per heavy atom. The predicted molar refractivity (Wildman–Crippen MR) is 58.3 cm³/mol. The van der Waals surface area contributed by atoms with E-state index in [2.05, 4.69) is 6.58 Å². The van der Waals surface area contributed by atoms with Crippen LogP contribution in [0, 0.1) is 0 Å². The molecule has 0 saturated carbocycles. The summed E-state index contributed by atoms with van der Waals surface area (Å²) in [5, 5.41) is 0. The lowest BCUT2D eigenvalue weighted by Gasteiger charge is -2.22. The van der Waals surface area contributed by atoms with Gasteiger partial charge in [0.25, 0.3) is 0 Å². The van der Waals surface area contributed by atoms with Crippen molar-refractivity contribution in [3.8, 4) is 0 Å². The highest BCUT2D eigenvalue weighted by atomic mass is 16.5. The summed E-state index contributed by atoms with van der Waals surface area (Å²) >= 11 is 0. The number of likely N-dealkylation sites (N-methyl/N-ethyl adjacent to an activating group) is 1. The first kappa shape index (κ1) is 13.8. The predicted octanol–water partition coefficient (Wildman–Crippen LogP) is 0.771. The van der Waals surface area contributed by atoms with Crippen LogP contribution in [0.4, 0.5) is 0 Å². The minimum absolute atomic E-state index is 0.0620. The Bertz CT molecular complexity index is 263. The molecular weight excluding hydrogens is 194 g/mol. The highest BCUT2D eigenvalue weighted by Crippen LogP contribution is 1.97. The summed E-state index contributed by atoms with van der Waals surface area (Å²) in [6.45, 7) is 5.62. The highest BCUT2D eigenvalue weighted by Gasteiger charge is 2.15. The summed E-state index contributed by atoms with van der Waals surface area (Å²) in [4.78, 5) is 22.4. The van der Waals surface area contributed by atoms with Gasteiger partial charge in [0.05, 0.1) is 27.7 Å². The highest BCUT2D eigenvalue weighted by molar-refractivity contribution is 5.94. The number of carbonyl (C=O) groups excluding carboxylic acids is 2. The maximum atomic E-state index is 11.2. The third kappa shape index (κ3) is 7.88. The van der Waals surface area contributed by atoms with Crippen LogP contribution < -0.4 is 0 Å². The smallest absolute Gasteiger partial charge is 0.361 e. The molecule has 0 saturated heterocycles. The van der Waals surface area contributed by atoms with Crippen LogP contribution >= 0.6 is 0 Å². The van der Waals surface area contributed by atoms with Crippen LogP contribution in [0.2, 0.25) is 0 Å². The molecule has 0 aliphatic carbocycles. The average molecular weight is 214 g/mol. The number of hydrogen-bond acceptors (Lipinski definition) is 3. The Labute approximate surface area is 91.1 Å². The lowest BCUT2D eigenvalue weighted by molar-refractivity contribution is -0.862. The topological polar surface area (TPSA) is 43.4 Å². The van der Waals surface area contributed by atoms with Crippen LogP contribution in [-0.2, 0) is 14.3 Å². The number of ketones is 1. The van der Waals surface area contributed by atoms with E-state index in [-0.39, 0.29) is 24.8 Å². The van der Waals surface area contributed by atoms with Crippen LogP contribution in [0.5, 0.6) is 0 Å². The van der Waals surface area contributed by atoms with Gasteiger partial charge in [-0.1, -0.05) is 6.58 Å². The maximum Gasteiger partial charge on any atom is 0.361 e. The van der Waals surface area contributed by atoms with E-state index in [9.17, 15) is 9.59 Å². The molecule has 0 bridgehead atoms.